The third kappa shape index (κ3) is 3.91. The first kappa shape index (κ1) is 18.4. The molecular weight excluding hydrogens is 416 g/mol. The largest absolute Gasteiger partial charge is 0.315 e. The fourth-order valence-corrected chi connectivity index (χ4v) is 4.70. The van der Waals surface area contributed by atoms with E-state index < -0.39 is 0 Å². The molecule has 0 unspecified atom stereocenters. The predicted octanol–water partition coefficient (Wildman–Crippen LogP) is 5.19. The maximum atomic E-state index is 12.7. The molecule has 0 fully saturated rings. The number of hydrogen-bond donors (Lipinski definition) is 0. The summed E-state index contributed by atoms with van der Waals surface area (Å²) in [5.74, 6) is 0.765. The maximum absolute atomic E-state index is 12.7. The molecule has 3 nitrogen and oxygen atoms in total. The molecule has 0 atom stereocenters. The number of thiazole rings is 1. The van der Waals surface area contributed by atoms with Crippen molar-refractivity contribution in [1.29, 1.82) is 0 Å². The second-order valence-electron chi connectivity index (χ2n) is 5.86. The van der Waals surface area contributed by atoms with Gasteiger partial charge in [-0.2, -0.15) is 16.8 Å². The Kier molecular flexibility index (Phi) is 5.81. The van der Waals surface area contributed by atoms with Gasteiger partial charge in [0.25, 0.3) is 5.91 Å². The van der Waals surface area contributed by atoms with Gasteiger partial charge in [0.15, 0.2) is 4.80 Å². The Morgan fingerprint density at radius 1 is 1.28 bits per heavy atom. The molecule has 0 spiro atoms. The molecule has 2 aromatic carbocycles. The van der Waals surface area contributed by atoms with Crippen LogP contribution in [0.5, 0.6) is 0 Å². The third-order valence-electron chi connectivity index (χ3n) is 3.93. The molecule has 0 saturated carbocycles. The number of amides is 1. The molecule has 0 saturated heterocycles. The summed E-state index contributed by atoms with van der Waals surface area (Å²) in [5.41, 5.74) is 4.21. The highest BCUT2D eigenvalue weighted by Crippen LogP contribution is 2.24. The normalized spacial score (nSPS) is 12.1. The molecule has 1 aromatic heterocycles. The molecular formula is C19H19BrN2OS2. The van der Waals surface area contributed by atoms with Gasteiger partial charge in [-0.15, -0.1) is 0 Å². The van der Waals surface area contributed by atoms with E-state index in [-0.39, 0.29) is 5.91 Å². The molecule has 0 aliphatic heterocycles. The van der Waals surface area contributed by atoms with Gasteiger partial charge in [0.1, 0.15) is 0 Å². The van der Waals surface area contributed by atoms with Crippen LogP contribution in [-0.4, -0.2) is 22.5 Å². The first-order valence-electron chi connectivity index (χ1n) is 7.94. The van der Waals surface area contributed by atoms with E-state index in [1.807, 2.05) is 18.2 Å². The fourth-order valence-electron chi connectivity index (χ4n) is 2.78. The van der Waals surface area contributed by atoms with Crippen LogP contribution in [0, 0.1) is 13.8 Å². The number of carbonyl (C=O) groups is 1. The van der Waals surface area contributed by atoms with E-state index >= 15 is 0 Å². The lowest BCUT2D eigenvalue weighted by Crippen LogP contribution is -2.18. The van der Waals surface area contributed by atoms with Gasteiger partial charge in [0, 0.05) is 16.8 Å². The molecule has 0 radical (unpaired) electrons. The SMILES string of the molecule is CSCCn1c(=NC(=O)c2ccccc2Br)sc2c(C)cc(C)cc21. The smallest absolute Gasteiger partial charge is 0.280 e. The van der Waals surface area contributed by atoms with Crippen molar-refractivity contribution in [3.63, 3.8) is 0 Å². The van der Waals surface area contributed by atoms with Crippen molar-refractivity contribution in [3.8, 4) is 0 Å². The zero-order valence-electron chi connectivity index (χ0n) is 14.4. The van der Waals surface area contributed by atoms with Crippen molar-refractivity contribution < 1.29 is 4.79 Å². The molecule has 1 heterocycles. The van der Waals surface area contributed by atoms with Crippen LogP contribution in [0.4, 0.5) is 0 Å². The maximum Gasteiger partial charge on any atom is 0.280 e. The quantitative estimate of drug-likeness (QED) is 0.566. The molecule has 130 valence electrons. The molecule has 3 aromatic rings. The van der Waals surface area contributed by atoms with Gasteiger partial charge in [-0.05, 0) is 65.4 Å². The van der Waals surface area contributed by atoms with Crippen molar-refractivity contribution >= 4 is 55.2 Å². The van der Waals surface area contributed by atoms with E-state index in [2.05, 4.69) is 57.7 Å². The molecule has 6 heteroatoms. The molecule has 0 aliphatic rings. The van der Waals surface area contributed by atoms with Gasteiger partial charge in [0.05, 0.1) is 15.8 Å². The van der Waals surface area contributed by atoms with Gasteiger partial charge in [0.2, 0.25) is 0 Å². The molecule has 0 N–H and O–H groups in total. The highest BCUT2D eigenvalue weighted by Gasteiger charge is 2.12. The Bertz CT molecular complexity index is 1000. The van der Waals surface area contributed by atoms with Crippen LogP contribution in [0.2, 0.25) is 0 Å². The van der Waals surface area contributed by atoms with Crippen LogP contribution in [-0.2, 0) is 6.54 Å². The summed E-state index contributed by atoms with van der Waals surface area (Å²) >= 11 is 6.82. The Morgan fingerprint density at radius 3 is 2.76 bits per heavy atom. The topological polar surface area (TPSA) is 34.4 Å². The Balaban J connectivity index is 2.19. The monoisotopic (exact) mass is 434 g/mol. The number of benzene rings is 2. The van der Waals surface area contributed by atoms with E-state index in [1.54, 1.807) is 29.2 Å². The minimum atomic E-state index is -0.216. The average molecular weight is 435 g/mol. The summed E-state index contributed by atoms with van der Waals surface area (Å²) in [6.45, 7) is 5.06. The highest BCUT2D eigenvalue weighted by molar-refractivity contribution is 9.10. The number of thioether (sulfide) groups is 1. The first-order valence-corrected chi connectivity index (χ1v) is 10.9. The van der Waals surface area contributed by atoms with E-state index in [4.69, 9.17) is 0 Å². The van der Waals surface area contributed by atoms with Crippen molar-refractivity contribution in [1.82, 2.24) is 4.57 Å². The average Bonchev–Trinajstić information content (AvgIpc) is 2.91. The standard InChI is InChI=1S/C19H19BrN2OS2/c1-12-10-13(2)17-16(11-12)22(8-9-24-3)19(25-17)21-18(23)14-6-4-5-7-15(14)20/h4-7,10-11H,8-9H2,1-3H3. The van der Waals surface area contributed by atoms with Crippen molar-refractivity contribution in [2.75, 3.05) is 12.0 Å². The zero-order chi connectivity index (χ0) is 18.0. The molecule has 25 heavy (non-hydrogen) atoms. The summed E-state index contributed by atoms with van der Waals surface area (Å²) in [4.78, 5) is 17.9. The number of hydrogen-bond acceptors (Lipinski definition) is 3. The van der Waals surface area contributed by atoms with Crippen LogP contribution in [0.25, 0.3) is 10.2 Å². The van der Waals surface area contributed by atoms with Gasteiger partial charge in [-0.25, -0.2) is 0 Å². The third-order valence-corrected chi connectivity index (χ3v) is 6.45. The van der Waals surface area contributed by atoms with Crippen molar-refractivity contribution in [3.05, 3.63) is 62.4 Å². The van der Waals surface area contributed by atoms with Crippen LogP contribution >= 0.6 is 39.0 Å². The minimum Gasteiger partial charge on any atom is -0.315 e. The first-order chi connectivity index (χ1) is 12.0. The number of rotatable bonds is 4. The molecule has 3 rings (SSSR count). The fraction of sp³-hybridized carbons (Fsp3) is 0.263. The van der Waals surface area contributed by atoms with Gasteiger partial charge >= 0.3 is 0 Å². The van der Waals surface area contributed by atoms with E-state index in [1.165, 1.54) is 15.8 Å². The van der Waals surface area contributed by atoms with Crippen LogP contribution in [0.15, 0.2) is 45.9 Å². The van der Waals surface area contributed by atoms with E-state index in [9.17, 15) is 4.79 Å². The lowest BCUT2D eigenvalue weighted by atomic mass is 10.1. The summed E-state index contributed by atoms with van der Waals surface area (Å²) < 4.78 is 4.14. The zero-order valence-corrected chi connectivity index (χ0v) is 17.6. The summed E-state index contributed by atoms with van der Waals surface area (Å²) in [5, 5.41) is 0. The minimum absolute atomic E-state index is 0.216. The summed E-state index contributed by atoms with van der Waals surface area (Å²) in [6, 6.07) is 11.8. The van der Waals surface area contributed by atoms with Gasteiger partial charge in [-0.3, -0.25) is 4.79 Å². The molecule has 0 aliphatic carbocycles. The second-order valence-corrected chi connectivity index (χ2v) is 8.67. The lowest BCUT2D eigenvalue weighted by molar-refractivity contribution is 0.0997. The predicted molar refractivity (Wildman–Crippen MR) is 112 cm³/mol. The highest BCUT2D eigenvalue weighted by atomic mass is 79.9. The Hall–Kier alpha value is -1.37. The molecule has 0 bridgehead atoms. The van der Waals surface area contributed by atoms with Crippen molar-refractivity contribution in [2.24, 2.45) is 4.99 Å². The number of aromatic nitrogens is 1. The Morgan fingerprint density at radius 2 is 2.04 bits per heavy atom. The van der Waals surface area contributed by atoms with Crippen LogP contribution in [0.1, 0.15) is 21.5 Å². The van der Waals surface area contributed by atoms with E-state index in [0.29, 0.717) is 5.56 Å². The second kappa shape index (κ2) is 7.89. The van der Waals surface area contributed by atoms with Crippen LogP contribution < -0.4 is 4.80 Å². The number of carbonyl (C=O) groups excluding carboxylic acids is 1. The van der Waals surface area contributed by atoms with Crippen molar-refractivity contribution in [2.45, 2.75) is 20.4 Å². The van der Waals surface area contributed by atoms with Crippen LogP contribution in [0.3, 0.4) is 0 Å². The number of aryl methyl sites for hydroxylation is 3. The lowest BCUT2D eigenvalue weighted by Gasteiger charge is -2.05. The Labute approximate surface area is 163 Å². The summed E-state index contributed by atoms with van der Waals surface area (Å²) in [7, 11) is 0. The van der Waals surface area contributed by atoms with Gasteiger partial charge in [-0.1, -0.05) is 29.5 Å². The number of nitrogens with zero attached hydrogens (tertiary/aromatic N) is 2. The van der Waals surface area contributed by atoms with E-state index in [0.717, 1.165) is 27.1 Å². The number of fused-ring (bicyclic) bond motifs is 1. The summed E-state index contributed by atoms with van der Waals surface area (Å²) in [6.07, 6.45) is 2.09. The molecule has 1 amide bonds. The number of halogens is 1. The van der Waals surface area contributed by atoms with Gasteiger partial charge < -0.3 is 4.57 Å².